The molecular formula is C14H23NO5. The van der Waals surface area contributed by atoms with Crippen LogP contribution in [0.2, 0.25) is 0 Å². The number of carboxylic acid groups (broad SMARTS) is 1. The minimum atomic E-state index is -0.893. The van der Waals surface area contributed by atoms with Gasteiger partial charge in [0.25, 0.3) is 0 Å². The van der Waals surface area contributed by atoms with Gasteiger partial charge in [-0.25, -0.2) is 4.79 Å². The van der Waals surface area contributed by atoms with Crippen molar-refractivity contribution in [3.8, 4) is 0 Å². The standard InChI is InChI=1S/C14H23NO5/c1-13(2,3)20-12(18)15-6-4-5-14(9-15,11(16)17)7-10-8-19-10/h10H,4-9H2,1-3H3,(H,16,17)/t10-,14+/m1/s1. The van der Waals surface area contributed by atoms with Crippen molar-refractivity contribution in [1.82, 2.24) is 4.90 Å². The van der Waals surface area contributed by atoms with E-state index in [1.54, 1.807) is 20.8 Å². The molecule has 0 radical (unpaired) electrons. The molecule has 2 fully saturated rings. The van der Waals surface area contributed by atoms with Crippen molar-refractivity contribution in [1.29, 1.82) is 0 Å². The highest BCUT2D eigenvalue weighted by atomic mass is 16.6. The number of piperidine rings is 1. The Balaban J connectivity index is 2.05. The Kier molecular flexibility index (Phi) is 3.95. The van der Waals surface area contributed by atoms with Crippen molar-refractivity contribution in [3.05, 3.63) is 0 Å². The average Bonchev–Trinajstić information content (AvgIpc) is 3.10. The van der Waals surface area contributed by atoms with Gasteiger partial charge in [0, 0.05) is 13.1 Å². The van der Waals surface area contributed by atoms with Gasteiger partial charge in [0.1, 0.15) is 5.60 Å². The number of nitrogens with zero attached hydrogens (tertiary/aromatic N) is 1. The van der Waals surface area contributed by atoms with Crippen LogP contribution >= 0.6 is 0 Å². The lowest BCUT2D eigenvalue weighted by atomic mass is 9.76. The molecule has 6 nitrogen and oxygen atoms in total. The Hall–Kier alpha value is -1.30. The summed E-state index contributed by atoms with van der Waals surface area (Å²) < 4.78 is 10.5. The topological polar surface area (TPSA) is 79.4 Å². The van der Waals surface area contributed by atoms with Gasteiger partial charge in [0.05, 0.1) is 18.1 Å². The van der Waals surface area contributed by atoms with E-state index in [0.717, 1.165) is 0 Å². The molecular weight excluding hydrogens is 262 g/mol. The van der Waals surface area contributed by atoms with Crippen LogP contribution in [0, 0.1) is 5.41 Å². The molecule has 0 spiro atoms. The zero-order valence-electron chi connectivity index (χ0n) is 12.3. The largest absolute Gasteiger partial charge is 0.481 e. The Morgan fingerprint density at radius 3 is 2.60 bits per heavy atom. The van der Waals surface area contributed by atoms with Crippen molar-refractivity contribution in [2.24, 2.45) is 5.41 Å². The third-order valence-corrected chi connectivity index (χ3v) is 3.70. The van der Waals surface area contributed by atoms with Gasteiger partial charge in [-0.1, -0.05) is 0 Å². The van der Waals surface area contributed by atoms with E-state index in [1.807, 2.05) is 0 Å². The summed E-state index contributed by atoms with van der Waals surface area (Å²) in [6.07, 6.45) is 1.34. The van der Waals surface area contributed by atoms with Crippen molar-refractivity contribution in [3.63, 3.8) is 0 Å². The molecule has 0 saturated carbocycles. The van der Waals surface area contributed by atoms with E-state index in [-0.39, 0.29) is 12.6 Å². The first kappa shape index (κ1) is 15.1. The second-order valence-corrected chi connectivity index (χ2v) is 6.75. The molecule has 0 aromatic carbocycles. The van der Waals surface area contributed by atoms with Gasteiger partial charge in [-0.3, -0.25) is 4.79 Å². The number of hydrogen-bond donors (Lipinski definition) is 1. The molecule has 1 amide bonds. The summed E-state index contributed by atoms with van der Waals surface area (Å²) in [7, 11) is 0. The number of carboxylic acids is 1. The number of ether oxygens (including phenoxy) is 2. The first-order valence-electron chi connectivity index (χ1n) is 7.05. The van der Waals surface area contributed by atoms with Gasteiger partial charge >= 0.3 is 12.1 Å². The molecule has 0 aliphatic carbocycles. The maximum absolute atomic E-state index is 12.1. The zero-order chi connectivity index (χ0) is 15.0. The van der Waals surface area contributed by atoms with Gasteiger partial charge in [-0.15, -0.1) is 0 Å². The molecule has 0 aromatic heterocycles. The average molecular weight is 285 g/mol. The fourth-order valence-electron chi connectivity index (χ4n) is 2.66. The minimum absolute atomic E-state index is 0.0321. The summed E-state index contributed by atoms with van der Waals surface area (Å²) in [5, 5.41) is 9.56. The number of epoxide rings is 1. The number of likely N-dealkylation sites (tertiary alicyclic amines) is 1. The van der Waals surface area contributed by atoms with Crippen molar-refractivity contribution in [2.75, 3.05) is 19.7 Å². The third-order valence-electron chi connectivity index (χ3n) is 3.70. The summed E-state index contributed by atoms with van der Waals surface area (Å²) in [5.74, 6) is -0.846. The van der Waals surface area contributed by atoms with Crippen LogP contribution < -0.4 is 0 Å². The smallest absolute Gasteiger partial charge is 0.410 e. The number of carbonyl (C=O) groups is 2. The van der Waals surface area contributed by atoms with E-state index >= 15 is 0 Å². The van der Waals surface area contributed by atoms with Crippen LogP contribution in [-0.4, -0.2) is 53.5 Å². The van der Waals surface area contributed by atoms with Gasteiger partial charge in [0.2, 0.25) is 0 Å². The zero-order valence-corrected chi connectivity index (χ0v) is 12.3. The number of aliphatic carboxylic acids is 1. The third kappa shape index (κ3) is 3.62. The lowest BCUT2D eigenvalue weighted by Crippen LogP contribution is -2.51. The highest BCUT2D eigenvalue weighted by Gasteiger charge is 2.48. The molecule has 2 aliphatic rings. The van der Waals surface area contributed by atoms with Gasteiger partial charge in [-0.05, 0) is 40.0 Å². The van der Waals surface area contributed by atoms with Crippen LogP contribution in [0.15, 0.2) is 0 Å². The molecule has 2 saturated heterocycles. The van der Waals surface area contributed by atoms with Crippen LogP contribution in [0.25, 0.3) is 0 Å². The fourth-order valence-corrected chi connectivity index (χ4v) is 2.66. The van der Waals surface area contributed by atoms with E-state index in [9.17, 15) is 14.7 Å². The maximum atomic E-state index is 12.1. The quantitative estimate of drug-likeness (QED) is 0.801. The van der Waals surface area contributed by atoms with Crippen molar-refractivity contribution >= 4 is 12.1 Å². The van der Waals surface area contributed by atoms with Crippen molar-refractivity contribution in [2.45, 2.75) is 51.7 Å². The Labute approximate surface area is 119 Å². The molecule has 2 aliphatic heterocycles. The second-order valence-electron chi connectivity index (χ2n) is 6.75. The molecule has 2 heterocycles. The molecule has 2 rings (SSSR count). The highest BCUT2D eigenvalue weighted by molar-refractivity contribution is 5.77. The van der Waals surface area contributed by atoms with Gasteiger partial charge in [0.15, 0.2) is 0 Å². The fraction of sp³-hybridized carbons (Fsp3) is 0.857. The second kappa shape index (κ2) is 5.24. The maximum Gasteiger partial charge on any atom is 0.410 e. The summed E-state index contributed by atoms with van der Waals surface area (Å²) >= 11 is 0. The Morgan fingerprint density at radius 1 is 1.45 bits per heavy atom. The van der Waals surface area contributed by atoms with Crippen LogP contribution in [0.3, 0.4) is 0 Å². The monoisotopic (exact) mass is 285 g/mol. The number of hydrogen-bond acceptors (Lipinski definition) is 4. The summed E-state index contributed by atoms with van der Waals surface area (Å²) in [4.78, 5) is 25.3. The molecule has 20 heavy (non-hydrogen) atoms. The van der Waals surface area contributed by atoms with E-state index in [0.29, 0.717) is 32.4 Å². The molecule has 0 aromatic rings. The number of amides is 1. The molecule has 0 unspecified atom stereocenters. The molecule has 1 N–H and O–H groups in total. The van der Waals surface area contributed by atoms with Crippen molar-refractivity contribution < 1.29 is 24.2 Å². The van der Waals surface area contributed by atoms with Crippen LogP contribution in [0.5, 0.6) is 0 Å². The number of carbonyl (C=O) groups excluding carboxylic acids is 1. The molecule has 114 valence electrons. The van der Waals surface area contributed by atoms with E-state index in [2.05, 4.69) is 0 Å². The SMILES string of the molecule is CC(C)(C)OC(=O)N1CCC[C@@](C[C@@H]2CO2)(C(=O)O)C1. The molecule has 2 atom stereocenters. The van der Waals surface area contributed by atoms with E-state index in [4.69, 9.17) is 9.47 Å². The van der Waals surface area contributed by atoms with E-state index in [1.165, 1.54) is 4.90 Å². The van der Waals surface area contributed by atoms with Gasteiger partial charge < -0.3 is 19.5 Å². The Bertz CT molecular complexity index is 399. The lowest BCUT2D eigenvalue weighted by Gasteiger charge is -2.40. The summed E-state index contributed by atoms with van der Waals surface area (Å²) in [6.45, 7) is 6.79. The lowest BCUT2D eigenvalue weighted by molar-refractivity contribution is -0.153. The first-order chi connectivity index (χ1) is 9.22. The van der Waals surface area contributed by atoms with E-state index < -0.39 is 23.1 Å². The number of rotatable bonds is 3. The van der Waals surface area contributed by atoms with Crippen LogP contribution in [0.1, 0.15) is 40.0 Å². The normalized spacial score (nSPS) is 29.9. The highest BCUT2D eigenvalue weighted by Crippen LogP contribution is 2.38. The Morgan fingerprint density at radius 2 is 2.10 bits per heavy atom. The molecule has 0 bridgehead atoms. The predicted molar refractivity (Wildman–Crippen MR) is 71.5 cm³/mol. The molecule has 6 heteroatoms. The predicted octanol–water partition coefficient (Wildman–Crippen LogP) is 1.88. The summed E-state index contributed by atoms with van der Waals surface area (Å²) in [6, 6.07) is 0. The summed E-state index contributed by atoms with van der Waals surface area (Å²) in [5.41, 5.74) is -1.46. The van der Waals surface area contributed by atoms with Crippen LogP contribution in [0.4, 0.5) is 4.79 Å². The van der Waals surface area contributed by atoms with Crippen LogP contribution in [-0.2, 0) is 14.3 Å². The first-order valence-corrected chi connectivity index (χ1v) is 7.05. The minimum Gasteiger partial charge on any atom is -0.481 e. The van der Waals surface area contributed by atoms with Gasteiger partial charge in [-0.2, -0.15) is 0 Å².